The lowest BCUT2D eigenvalue weighted by molar-refractivity contribution is 0.554. The van der Waals surface area contributed by atoms with Gasteiger partial charge in [-0.15, -0.1) is 0 Å². The van der Waals surface area contributed by atoms with Gasteiger partial charge in [-0.05, 0) is 49.0 Å². The lowest BCUT2D eigenvalue weighted by Gasteiger charge is -2.11. The quantitative estimate of drug-likeness (QED) is 0.480. The van der Waals surface area contributed by atoms with Crippen molar-refractivity contribution in [2.24, 2.45) is 11.8 Å². The molecule has 1 rings (SSSR count). The average Bonchev–Trinajstić information content (AvgIpc) is 2.65. The highest BCUT2D eigenvalue weighted by atomic mass is 79.9. The van der Waals surface area contributed by atoms with Crippen molar-refractivity contribution in [3.8, 4) is 0 Å². The highest BCUT2D eigenvalue weighted by Gasteiger charge is 2.14. The van der Waals surface area contributed by atoms with Crippen molar-refractivity contribution >= 4 is 27.7 Å². The zero-order valence-electron chi connectivity index (χ0n) is 9.30. The molecule has 0 heterocycles. The molecule has 0 bridgehead atoms. The fourth-order valence-electron chi connectivity index (χ4n) is 2.04. The van der Waals surface area contributed by atoms with E-state index in [2.05, 4.69) is 34.6 Å². The van der Waals surface area contributed by atoms with Crippen LogP contribution in [0.4, 0.5) is 0 Å². The van der Waals surface area contributed by atoms with E-state index in [1.165, 1.54) is 55.4 Å². The van der Waals surface area contributed by atoms with Crippen molar-refractivity contribution in [3.63, 3.8) is 0 Å². The summed E-state index contributed by atoms with van der Waals surface area (Å²) in [6.07, 6.45) is 8.73. The van der Waals surface area contributed by atoms with Gasteiger partial charge in [0, 0.05) is 5.33 Å². The van der Waals surface area contributed by atoms with Crippen molar-refractivity contribution in [2.75, 3.05) is 16.8 Å². The van der Waals surface area contributed by atoms with E-state index >= 15 is 0 Å². The molecule has 1 unspecified atom stereocenters. The van der Waals surface area contributed by atoms with Gasteiger partial charge in [-0.2, -0.15) is 11.8 Å². The molecule has 0 aromatic heterocycles. The Morgan fingerprint density at radius 1 is 1.29 bits per heavy atom. The Hall–Kier alpha value is 0.830. The van der Waals surface area contributed by atoms with Crippen molar-refractivity contribution in [1.82, 2.24) is 0 Å². The van der Waals surface area contributed by atoms with Gasteiger partial charge in [0.1, 0.15) is 0 Å². The summed E-state index contributed by atoms with van der Waals surface area (Å²) in [6.45, 7) is 2.37. The second-order valence-corrected chi connectivity index (χ2v) is 6.54. The number of rotatable bonds is 7. The Morgan fingerprint density at radius 3 is 2.64 bits per heavy atom. The molecule has 0 nitrogen and oxygen atoms in total. The minimum absolute atomic E-state index is 0.908. The van der Waals surface area contributed by atoms with Gasteiger partial charge >= 0.3 is 0 Å². The molecule has 1 aliphatic rings. The van der Waals surface area contributed by atoms with Crippen LogP contribution in [0.15, 0.2) is 0 Å². The van der Waals surface area contributed by atoms with E-state index in [0.29, 0.717) is 0 Å². The number of thioether (sulfide) groups is 1. The van der Waals surface area contributed by atoms with Gasteiger partial charge in [-0.1, -0.05) is 35.7 Å². The van der Waals surface area contributed by atoms with Crippen LogP contribution >= 0.6 is 27.7 Å². The van der Waals surface area contributed by atoms with Crippen LogP contribution in [0.25, 0.3) is 0 Å². The van der Waals surface area contributed by atoms with E-state index in [1.807, 2.05) is 0 Å². The zero-order chi connectivity index (χ0) is 10.2. The van der Waals surface area contributed by atoms with E-state index in [9.17, 15) is 0 Å². The first-order valence-corrected chi connectivity index (χ1v) is 8.24. The van der Waals surface area contributed by atoms with Crippen LogP contribution in [0.3, 0.4) is 0 Å². The third kappa shape index (κ3) is 5.65. The van der Waals surface area contributed by atoms with Crippen LogP contribution in [0.2, 0.25) is 0 Å². The second kappa shape index (κ2) is 8.04. The molecule has 1 saturated carbocycles. The molecule has 0 amide bonds. The third-order valence-electron chi connectivity index (χ3n) is 3.19. The van der Waals surface area contributed by atoms with E-state index < -0.39 is 0 Å². The first-order valence-electron chi connectivity index (χ1n) is 5.96. The van der Waals surface area contributed by atoms with Crippen LogP contribution in [0, 0.1) is 11.8 Å². The van der Waals surface area contributed by atoms with Crippen molar-refractivity contribution in [1.29, 1.82) is 0 Å². The lowest BCUT2D eigenvalue weighted by Crippen LogP contribution is -2.01. The Labute approximate surface area is 102 Å². The van der Waals surface area contributed by atoms with Gasteiger partial charge in [0.25, 0.3) is 0 Å². The smallest absolute Gasteiger partial charge is 0.00338 e. The summed E-state index contributed by atoms with van der Waals surface area (Å²) < 4.78 is 0. The summed E-state index contributed by atoms with van der Waals surface area (Å²) in [6, 6.07) is 0. The minimum atomic E-state index is 0.908. The van der Waals surface area contributed by atoms with Crippen LogP contribution in [-0.4, -0.2) is 16.8 Å². The fourth-order valence-corrected chi connectivity index (χ4v) is 4.23. The molecule has 0 aromatic rings. The number of hydrogen-bond acceptors (Lipinski definition) is 1. The Bertz CT molecular complexity index is 132. The van der Waals surface area contributed by atoms with Gasteiger partial charge in [-0.25, -0.2) is 0 Å². The van der Waals surface area contributed by atoms with Gasteiger partial charge < -0.3 is 0 Å². The predicted molar refractivity (Wildman–Crippen MR) is 71.5 cm³/mol. The van der Waals surface area contributed by atoms with Crippen molar-refractivity contribution in [2.45, 2.75) is 45.4 Å². The molecule has 2 heteroatoms. The van der Waals surface area contributed by atoms with E-state index in [-0.39, 0.29) is 0 Å². The molecule has 0 radical (unpaired) electrons. The van der Waals surface area contributed by atoms with E-state index in [4.69, 9.17) is 0 Å². The normalized spacial score (nSPS) is 20.1. The highest BCUT2D eigenvalue weighted by molar-refractivity contribution is 9.09. The molecular formula is C12H23BrS. The Balaban J connectivity index is 1.88. The van der Waals surface area contributed by atoms with Gasteiger partial charge in [0.2, 0.25) is 0 Å². The van der Waals surface area contributed by atoms with Gasteiger partial charge in [0.05, 0.1) is 0 Å². The molecule has 0 aliphatic heterocycles. The molecular weight excluding hydrogens is 256 g/mol. The summed E-state index contributed by atoms with van der Waals surface area (Å²) in [4.78, 5) is 0. The van der Waals surface area contributed by atoms with Crippen molar-refractivity contribution < 1.29 is 0 Å². The van der Waals surface area contributed by atoms with Gasteiger partial charge in [0.15, 0.2) is 0 Å². The van der Waals surface area contributed by atoms with Crippen LogP contribution in [0.1, 0.15) is 45.4 Å². The maximum Gasteiger partial charge on any atom is 0.00338 e. The maximum atomic E-state index is 3.51. The summed E-state index contributed by atoms with van der Waals surface area (Å²) in [5, 5.41) is 1.17. The van der Waals surface area contributed by atoms with E-state index in [0.717, 1.165) is 11.8 Å². The Kier molecular flexibility index (Phi) is 7.40. The summed E-state index contributed by atoms with van der Waals surface area (Å²) >= 11 is 5.70. The Morgan fingerprint density at radius 2 is 2.00 bits per heavy atom. The molecule has 1 atom stereocenters. The third-order valence-corrected chi connectivity index (χ3v) is 4.87. The summed E-state index contributed by atoms with van der Waals surface area (Å²) in [5.41, 5.74) is 0. The molecule has 0 N–H and O–H groups in total. The molecule has 1 aliphatic carbocycles. The summed E-state index contributed by atoms with van der Waals surface area (Å²) in [7, 11) is 0. The number of alkyl halides is 1. The topological polar surface area (TPSA) is 0 Å². The predicted octanol–water partition coefficient (Wildman–Crippen LogP) is 4.72. The number of hydrogen-bond donors (Lipinski definition) is 0. The first-order chi connectivity index (χ1) is 6.83. The highest BCUT2D eigenvalue weighted by Crippen LogP contribution is 2.28. The summed E-state index contributed by atoms with van der Waals surface area (Å²) in [5.74, 6) is 4.78. The molecule has 1 fully saturated rings. The first kappa shape index (κ1) is 12.9. The van der Waals surface area contributed by atoms with Crippen molar-refractivity contribution in [3.05, 3.63) is 0 Å². The van der Waals surface area contributed by atoms with Crippen LogP contribution in [0.5, 0.6) is 0 Å². The average molecular weight is 279 g/mol. The van der Waals surface area contributed by atoms with Gasteiger partial charge in [-0.3, -0.25) is 0 Å². The molecule has 84 valence electrons. The van der Waals surface area contributed by atoms with Crippen LogP contribution < -0.4 is 0 Å². The monoisotopic (exact) mass is 278 g/mol. The molecule has 14 heavy (non-hydrogen) atoms. The largest absolute Gasteiger partial charge is 0.162 e. The lowest BCUT2D eigenvalue weighted by atomic mass is 10.1. The second-order valence-electron chi connectivity index (χ2n) is 4.60. The molecule has 0 spiro atoms. The standard InChI is InChI=1S/C12H23BrS/c1-11(6-8-13)7-9-14-10-12-4-2-3-5-12/h11-12H,2-10H2,1H3. The fraction of sp³-hybridized carbons (Fsp3) is 1.00. The maximum absolute atomic E-state index is 3.51. The van der Waals surface area contributed by atoms with E-state index in [1.54, 1.807) is 0 Å². The zero-order valence-corrected chi connectivity index (χ0v) is 11.7. The minimum Gasteiger partial charge on any atom is -0.162 e. The SMILES string of the molecule is CC(CCBr)CCSCC1CCCC1. The number of halogens is 1. The molecule has 0 aromatic carbocycles. The molecule has 0 saturated heterocycles. The van der Waals surface area contributed by atoms with Crippen LogP contribution in [-0.2, 0) is 0 Å².